The molecule has 3 aliphatic rings. The van der Waals surface area contributed by atoms with Crippen LogP contribution in [0.2, 0.25) is 0 Å². The largest absolute Gasteiger partial charge is 0.352 e. The molecule has 1 saturated carbocycles. The molecule has 0 aromatic heterocycles. The zero-order valence-corrected chi connectivity index (χ0v) is 16.2. The molecule has 0 amide bonds. The van der Waals surface area contributed by atoms with Crippen molar-refractivity contribution < 1.29 is 27.7 Å². The molecule has 0 atom stereocenters. The van der Waals surface area contributed by atoms with Crippen LogP contribution in [0.3, 0.4) is 0 Å². The zero-order chi connectivity index (χ0) is 19.1. The smallest absolute Gasteiger partial charge is 0.266 e. The minimum absolute atomic E-state index is 0.117. The van der Waals surface area contributed by atoms with E-state index in [1.165, 1.54) is 0 Å². The average molecular weight is 386 g/mol. The Balaban J connectivity index is 1.34. The van der Waals surface area contributed by atoms with Gasteiger partial charge in [0.25, 0.3) is 6.08 Å². The lowest BCUT2D eigenvalue weighted by Crippen LogP contribution is -2.46. The van der Waals surface area contributed by atoms with E-state index < -0.39 is 6.08 Å². The molecule has 1 aliphatic carbocycles. The second-order valence-corrected chi connectivity index (χ2v) is 7.97. The standard InChI is InChI=1S/C21H32F2O4/c1-2-4-16-11-24-21(25-12-16)18-13-26-20(27-14-18)17-9-7-15(8-10-17)5-3-6-19(22)23/h2,4,6,15-18,20-21H,3,5,7-14H2,1H3. The quantitative estimate of drug-likeness (QED) is 0.608. The summed E-state index contributed by atoms with van der Waals surface area (Å²) in [7, 11) is 0. The van der Waals surface area contributed by atoms with Crippen LogP contribution in [0.1, 0.15) is 45.4 Å². The van der Waals surface area contributed by atoms with E-state index in [2.05, 4.69) is 6.08 Å². The number of halogens is 2. The molecular weight excluding hydrogens is 354 g/mol. The van der Waals surface area contributed by atoms with Crippen molar-refractivity contribution in [3.8, 4) is 0 Å². The summed E-state index contributed by atoms with van der Waals surface area (Å²) in [5.41, 5.74) is 0. The van der Waals surface area contributed by atoms with E-state index >= 15 is 0 Å². The minimum atomic E-state index is -1.56. The van der Waals surface area contributed by atoms with Gasteiger partial charge in [-0.05, 0) is 57.4 Å². The lowest BCUT2D eigenvalue weighted by atomic mass is 9.79. The van der Waals surface area contributed by atoms with E-state index in [0.29, 0.717) is 50.6 Å². The van der Waals surface area contributed by atoms with Crippen LogP contribution in [0.25, 0.3) is 0 Å². The highest BCUT2D eigenvalue weighted by molar-refractivity contribution is 4.88. The maximum absolute atomic E-state index is 12.1. The first-order valence-corrected chi connectivity index (χ1v) is 10.3. The summed E-state index contributed by atoms with van der Waals surface area (Å²) in [6, 6.07) is 0. The lowest BCUT2D eigenvalue weighted by Gasteiger charge is -2.40. The predicted molar refractivity (Wildman–Crippen MR) is 98.2 cm³/mol. The zero-order valence-electron chi connectivity index (χ0n) is 16.2. The Kier molecular flexibility index (Phi) is 8.24. The molecule has 0 aromatic rings. The molecule has 2 saturated heterocycles. The van der Waals surface area contributed by atoms with Crippen LogP contribution in [-0.4, -0.2) is 39.0 Å². The molecule has 27 heavy (non-hydrogen) atoms. The van der Waals surface area contributed by atoms with Crippen LogP contribution in [0, 0.1) is 23.7 Å². The van der Waals surface area contributed by atoms with Gasteiger partial charge in [0.2, 0.25) is 0 Å². The molecule has 0 spiro atoms. The van der Waals surface area contributed by atoms with Crippen molar-refractivity contribution in [1.29, 1.82) is 0 Å². The summed E-state index contributed by atoms with van der Waals surface area (Å²) in [6.07, 6.45) is 8.78. The Morgan fingerprint density at radius 3 is 2.04 bits per heavy atom. The maximum Gasteiger partial charge on any atom is 0.266 e. The third-order valence-electron chi connectivity index (χ3n) is 5.90. The Hall–Kier alpha value is -0.820. The van der Waals surface area contributed by atoms with Gasteiger partial charge in [0, 0.05) is 11.8 Å². The van der Waals surface area contributed by atoms with Gasteiger partial charge in [-0.25, -0.2) is 0 Å². The highest BCUT2D eigenvalue weighted by Crippen LogP contribution is 2.36. The molecule has 3 fully saturated rings. The molecule has 0 bridgehead atoms. The predicted octanol–water partition coefficient (Wildman–Crippen LogP) is 4.91. The Morgan fingerprint density at radius 1 is 0.852 bits per heavy atom. The Bertz CT molecular complexity index is 482. The van der Waals surface area contributed by atoms with Gasteiger partial charge < -0.3 is 18.9 Å². The highest BCUT2D eigenvalue weighted by atomic mass is 19.3. The fraction of sp³-hybridized carbons (Fsp3) is 0.810. The van der Waals surface area contributed by atoms with Crippen LogP contribution in [0.4, 0.5) is 8.78 Å². The first kappa shape index (κ1) is 20.9. The van der Waals surface area contributed by atoms with E-state index in [0.717, 1.165) is 38.2 Å². The van der Waals surface area contributed by atoms with Crippen molar-refractivity contribution in [2.75, 3.05) is 26.4 Å². The van der Waals surface area contributed by atoms with E-state index in [4.69, 9.17) is 18.9 Å². The van der Waals surface area contributed by atoms with Crippen molar-refractivity contribution in [1.82, 2.24) is 0 Å². The second-order valence-electron chi connectivity index (χ2n) is 7.97. The van der Waals surface area contributed by atoms with Crippen molar-refractivity contribution >= 4 is 0 Å². The third-order valence-corrected chi connectivity index (χ3v) is 5.90. The van der Waals surface area contributed by atoms with Crippen molar-refractivity contribution in [2.24, 2.45) is 23.7 Å². The molecule has 2 heterocycles. The molecule has 3 rings (SSSR count). The monoisotopic (exact) mass is 386 g/mol. The van der Waals surface area contributed by atoms with Crippen LogP contribution >= 0.6 is 0 Å². The fourth-order valence-electron chi connectivity index (χ4n) is 4.33. The SMILES string of the molecule is CC=CC1COC(C2COC(C3CCC(CCC=C(F)F)CC3)OC2)OC1. The number of ether oxygens (including phenoxy) is 4. The maximum atomic E-state index is 12.1. The van der Waals surface area contributed by atoms with E-state index in [1.54, 1.807) is 0 Å². The van der Waals surface area contributed by atoms with Gasteiger partial charge in [0.05, 0.1) is 32.3 Å². The highest BCUT2D eigenvalue weighted by Gasteiger charge is 2.36. The molecule has 0 unspecified atom stereocenters. The number of hydrogen-bond acceptors (Lipinski definition) is 4. The molecule has 6 heteroatoms. The normalized spacial score (nSPS) is 38.0. The summed E-state index contributed by atoms with van der Waals surface area (Å²) >= 11 is 0. The molecule has 2 aliphatic heterocycles. The number of hydrogen-bond donors (Lipinski definition) is 0. The summed E-state index contributed by atoms with van der Waals surface area (Å²) in [5, 5.41) is 0. The molecule has 0 aromatic carbocycles. The minimum Gasteiger partial charge on any atom is -0.352 e. The van der Waals surface area contributed by atoms with E-state index in [1.807, 2.05) is 13.0 Å². The van der Waals surface area contributed by atoms with Gasteiger partial charge in [0.15, 0.2) is 12.6 Å². The topological polar surface area (TPSA) is 36.9 Å². The van der Waals surface area contributed by atoms with Gasteiger partial charge in [-0.15, -0.1) is 0 Å². The van der Waals surface area contributed by atoms with Crippen LogP contribution in [0.5, 0.6) is 0 Å². The summed E-state index contributed by atoms with van der Waals surface area (Å²) < 4.78 is 47.9. The summed E-state index contributed by atoms with van der Waals surface area (Å²) in [5.74, 6) is 1.40. The van der Waals surface area contributed by atoms with Gasteiger partial charge in [-0.1, -0.05) is 12.2 Å². The third kappa shape index (κ3) is 6.34. The second kappa shape index (κ2) is 10.6. The summed E-state index contributed by atoms with van der Waals surface area (Å²) in [6.45, 7) is 4.57. The Morgan fingerprint density at radius 2 is 1.44 bits per heavy atom. The van der Waals surface area contributed by atoms with Gasteiger partial charge in [-0.2, -0.15) is 8.78 Å². The van der Waals surface area contributed by atoms with E-state index in [9.17, 15) is 8.78 Å². The summed E-state index contributed by atoms with van der Waals surface area (Å²) in [4.78, 5) is 0. The number of allylic oxidation sites excluding steroid dienone is 2. The first-order valence-electron chi connectivity index (χ1n) is 10.3. The molecular formula is C21H32F2O4. The van der Waals surface area contributed by atoms with Gasteiger partial charge >= 0.3 is 0 Å². The van der Waals surface area contributed by atoms with Crippen molar-refractivity contribution in [3.63, 3.8) is 0 Å². The number of rotatable bonds is 6. The van der Waals surface area contributed by atoms with Crippen LogP contribution in [-0.2, 0) is 18.9 Å². The van der Waals surface area contributed by atoms with Crippen LogP contribution < -0.4 is 0 Å². The van der Waals surface area contributed by atoms with E-state index in [-0.39, 0.29) is 18.5 Å². The van der Waals surface area contributed by atoms with Crippen molar-refractivity contribution in [3.05, 3.63) is 24.3 Å². The molecule has 0 radical (unpaired) electrons. The van der Waals surface area contributed by atoms with Gasteiger partial charge in [-0.3, -0.25) is 0 Å². The average Bonchev–Trinajstić information content (AvgIpc) is 2.69. The van der Waals surface area contributed by atoms with Crippen molar-refractivity contribution in [2.45, 2.75) is 58.0 Å². The Labute approximate surface area is 160 Å². The van der Waals surface area contributed by atoms with Gasteiger partial charge in [0.1, 0.15) is 0 Å². The van der Waals surface area contributed by atoms with Crippen LogP contribution in [0.15, 0.2) is 24.3 Å². The molecule has 0 N–H and O–H groups in total. The molecule has 154 valence electrons. The fourth-order valence-corrected chi connectivity index (χ4v) is 4.33. The lowest BCUT2D eigenvalue weighted by molar-refractivity contribution is -0.288. The molecule has 4 nitrogen and oxygen atoms in total. The first-order chi connectivity index (χ1) is 13.2.